The highest BCUT2D eigenvalue weighted by atomic mass is 16.6. The van der Waals surface area contributed by atoms with Crippen molar-refractivity contribution in [3.63, 3.8) is 0 Å². The van der Waals surface area contributed by atoms with Gasteiger partial charge in [-0.3, -0.25) is 24.0 Å². The van der Waals surface area contributed by atoms with Crippen molar-refractivity contribution in [1.29, 1.82) is 0 Å². The molecule has 3 fully saturated rings. The van der Waals surface area contributed by atoms with Gasteiger partial charge in [-0.2, -0.15) is 0 Å². The Morgan fingerprint density at radius 2 is 1.48 bits per heavy atom. The number of fused-ring (bicyclic) bond motifs is 5. The van der Waals surface area contributed by atoms with E-state index in [9.17, 15) is 33.9 Å². The fraction of sp³-hybridized carbons (Fsp3) is 0.562. The monoisotopic (exact) mass is 873 g/mol. The minimum atomic E-state index is -1.90. The van der Waals surface area contributed by atoms with Crippen LogP contribution in [0.4, 0.5) is 0 Å². The largest absolute Gasteiger partial charge is 0.461 e. The van der Waals surface area contributed by atoms with Gasteiger partial charge < -0.3 is 38.8 Å². The molecule has 340 valence electrons. The molecule has 1 unspecified atom stereocenters. The van der Waals surface area contributed by atoms with Gasteiger partial charge in [-0.25, -0.2) is 9.59 Å². The fourth-order valence-corrected chi connectivity index (χ4v) is 10.6. The summed E-state index contributed by atoms with van der Waals surface area (Å²) in [5.74, 6) is -7.39. The van der Waals surface area contributed by atoms with Crippen molar-refractivity contribution in [2.24, 2.45) is 22.7 Å². The number of ketones is 1. The molecule has 1 saturated heterocycles. The molecule has 2 bridgehead atoms. The molecule has 1 amide bonds. The molecule has 2 aromatic carbocycles. The normalized spacial score (nSPS) is 30.3. The third-order valence-electron chi connectivity index (χ3n) is 13.6. The van der Waals surface area contributed by atoms with Gasteiger partial charge in [0.05, 0.1) is 29.5 Å². The van der Waals surface area contributed by atoms with E-state index < -0.39 is 107 Å². The van der Waals surface area contributed by atoms with Crippen LogP contribution < -0.4 is 5.32 Å². The van der Waals surface area contributed by atoms with Gasteiger partial charge in [-0.05, 0) is 60.9 Å². The number of esters is 5. The maximum absolute atomic E-state index is 15.8. The smallest absolute Gasteiger partial charge is 0.338 e. The van der Waals surface area contributed by atoms with Crippen molar-refractivity contribution in [2.75, 3.05) is 6.61 Å². The Morgan fingerprint density at radius 1 is 0.841 bits per heavy atom. The Labute approximate surface area is 367 Å². The molecule has 0 spiro atoms. The highest BCUT2D eigenvalue weighted by molar-refractivity contribution is 5.95. The zero-order valence-electron chi connectivity index (χ0n) is 37.2. The third-order valence-corrected chi connectivity index (χ3v) is 13.6. The van der Waals surface area contributed by atoms with Gasteiger partial charge in [0, 0.05) is 39.5 Å². The molecule has 2 saturated carbocycles. The number of nitrogens with one attached hydrogen (secondary N) is 1. The lowest BCUT2D eigenvalue weighted by atomic mass is 9.46. The van der Waals surface area contributed by atoms with E-state index in [0.717, 1.165) is 19.8 Å². The van der Waals surface area contributed by atoms with Gasteiger partial charge in [0.1, 0.15) is 24.4 Å². The van der Waals surface area contributed by atoms with Crippen molar-refractivity contribution in [2.45, 2.75) is 142 Å². The Balaban J connectivity index is 1.53. The molecule has 63 heavy (non-hydrogen) atoms. The molecular formula is C48H59NO14. The average Bonchev–Trinajstić information content (AvgIpc) is 3.22. The van der Waals surface area contributed by atoms with Gasteiger partial charge in [0.25, 0.3) is 0 Å². The van der Waals surface area contributed by atoms with E-state index in [1.165, 1.54) is 13.8 Å². The van der Waals surface area contributed by atoms with Crippen LogP contribution in [-0.2, 0) is 57.2 Å². The molecule has 0 radical (unpaired) electrons. The molecule has 11 atom stereocenters. The first kappa shape index (κ1) is 47.1. The van der Waals surface area contributed by atoms with Gasteiger partial charge in [0.2, 0.25) is 5.91 Å². The van der Waals surface area contributed by atoms with Crippen molar-refractivity contribution in [3.05, 3.63) is 82.9 Å². The second-order valence-corrected chi connectivity index (χ2v) is 18.0. The third kappa shape index (κ3) is 9.04. The lowest BCUT2D eigenvalue weighted by Gasteiger charge is -2.66. The number of carbonyl (C=O) groups is 7. The fourth-order valence-electron chi connectivity index (χ4n) is 10.6. The van der Waals surface area contributed by atoms with Crippen LogP contribution >= 0.6 is 0 Å². The van der Waals surface area contributed by atoms with E-state index in [4.69, 9.17) is 28.4 Å². The van der Waals surface area contributed by atoms with E-state index in [1.807, 2.05) is 6.92 Å². The average molecular weight is 874 g/mol. The van der Waals surface area contributed by atoms with Crippen molar-refractivity contribution < 1.29 is 67.1 Å². The number of aliphatic hydroxyl groups is 1. The van der Waals surface area contributed by atoms with E-state index in [0.29, 0.717) is 17.6 Å². The molecule has 4 aliphatic rings. The maximum atomic E-state index is 15.8. The van der Waals surface area contributed by atoms with Crippen molar-refractivity contribution >= 4 is 41.5 Å². The Kier molecular flexibility index (Phi) is 14.0. The standard InChI is InChI=1S/C48H59NO14/c1-9-10-13-22-36(53)49-38(30-18-14-11-15-19-30)39(54)45(57)61-33-23-32-40(62-44(56)31-20-16-12-17-21-31)42-47(8,43(55)41(60-28(4)51)37(26(33)2)46(32,6)7)34(59-27(3)50)24-35-48(42,25-58-35)63-29(5)52/h11-12,14-21,32-35,38-42,54H,9-10,13,22-25H2,1-8H3,(H,49,53)/t32?,33-,34-,35+,38-,39+,40+,41+,42-,47+,48-/m0/s1. The van der Waals surface area contributed by atoms with Gasteiger partial charge >= 0.3 is 29.8 Å². The Bertz CT molecular complexity index is 2120. The number of aliphatic hydroxyl groups excluding tert-OH is 1. The SMILES string of the molecule is CCCCCC(=O)N[C@@H](c1ccccc1)[C@@H](O)C(=O)O[C@H]1CC2[C@@H](OC(=O)c3ccccc3)[C@@H]3[C@]4(OC(C)=O)CO[C@@H]4C[C@H](OC(C)=O)[C@@]3(C)C(=O)[C@H](OC(C)=O)C(=C1C)C2(C)C. The summed E-state index contributed by atoms with van der Waals surface area (Å²) in [5, 5.41) is 14.6. The van der Waals surface area contributed by atoms with Crippen LogP contribution in [0.1, 0.15) is 116 Å². The van der Waals surface area contributed by atoms with E-state index in [-0.39, 0.29) is 42.9 Å². The molecule has 1 heterocycles. The summed E-state index contributed by atoms with van der Waals surface area (Å²) < 4.78 is 37.0. The predicted molar refractivity (Wildman–Crippen MR) is 224 cm³/mol. The van der Waals surface area contributed by atoms with Crippen molar-refractivity contribution in [1.82, 2.24) is 5.32 Å². The van der Waals surface area contributed by atoms with Crippen LogP contribution in [0.15, 0.2) is 71.8 Å². The minimum absolute atomic E-state index is 0.0691. The molecule has 2 aromatic rings. The van der Waals surface area contributed by atoms with E-state index in [1.54, 1.807) is 88.4 Å². The number of ether oxygens (including phenoxy) is 6. The Morgan fingerprint density at radius 3 is 2.05 bits per heavy atom. The number of hydrogen-bond acceptors (Lipinski definition) is 14. The van der Waals surface area contributed by atoms with Crippen molar-refractivity contribution in [3.8, 4) is 0 Å². The highest BCUT2D eigenvalue weighted by Gasteiger charge is 2.76. The van der Waals surface area contributed by atoms with E-state index >= 15 is 4.79 Å². The lowest BCUT2D eigenvalue weighted by molar-refractivity contribution is -0.336. The number of unbranched alkanes of at least 4 members (excludes halogenated alkanes) is 2. The minimum Gasteiger partial charge on any atom is -0.461 e. The summed E-state index contributed by atoms with van der Waals surface area (Å²) in [6.07, 6.45) is -5.93. The topological polar surface area (TPSA) is 207 Å². The Hall–Kier alpha value is -5.41. The number of rotatable bonds is 14. The van der Waals surface area contributed by atoms with Crippen LogP contribution in [0, 0.1) is 22.7 Å². The van der Waals surface area contributed by atoms with Crippen LogP contribution in [0.5, 0.6) is 0 Å². The van der Waals surface area contributed by atoms with Crippen LogP contribution in [0.2, 0.25) is 0 Å². The predicted octanol–water partition coefficient (Wildman–Crippen LogP) is 5.46. The zero-order chi connectivity index (χ0) is 46.0. The van der Waals surface area contributed by atoms with Gasteiger partial charge in [-0.1, -0.05) is 82.1 Å². The molecule has 15 heteroatoms. The zero-order valence-corrected chi connectivity index (χ0v) is 37.2. The number of Topliss-reactive ketones (excluding diaryl/α,β-unsaturated/α-hetero) is 1. The molecule has 3 aliphatic carbocycles. The summed E-state index contributed by atoms with van der Waals surface area (Å²) in [4.78, 5) is 96.6. The van der Waals surface area contributed by atoms with Crippen LogP contribution in [0.3, 0.4) is 0 Å². The summed E-state index contributed by atoms with van der Waals surface area (Å²) >= 11 is 0. The molecule has 6 rings (SSSR count). The molecule has 15 nitrogen and oxygen atoms in total. The molecule has 2 N–H and O–H groups in total. The second-order valence-electron chi connectivity index (χ2n) is 18.0. The first-order chi connectivity index (χ1) is 29.8. The quantitative estimate of drug-likeness (QED) is 0.105. The lowest BCUT2D eigenvalue weighted by Crippen LogP contribution is -2.79. The molecule has 1 aliphatic heterocycles. The highest BCUT2D eigenvalue weighted by Crippen LogP contribution is 2.64. The molecule has 0 aromatic heterocycles. The summed E-state index contributed by atoms with van der Waals surface area (Å²) in [7, 11) is 0. The summed E-state index contributed by atoms with van der Waals surface area (Å²) in [5.41, 5.74) is -3.43. The first-order valence-electron chi connectivity index (χ1n) is 21.7. The van der Waals surface area contributed by atoms with E-state index in [2.05, 4.69) is 5.32 Å². The van der Waals surface area contributed by atoms with Gasteiger partial charge in [0.15, 0.2) is 23.6 Å². The maximum Gasteiger partial charge on any atom is 0.338 e. The number of benzene rings is 2. The number of hydrogen-bond donors (Lipinski definition) is 2. The van der Waals surface area contributed by atoms with Crippen LogP contribution in [-0.4, -0.2) is 95.5 Å². The second kappa shape index (κ2) is 18.7. The number of amides is 1. The summed E-state index contributed by atoms with van der Waals surface area (Å²) in [6.45, 7) is 12.1. The first-order valence-corrected chi connectivity index (χ1v) is 21.7. The molecular weight excluding hydrogens is 815 g/mol. The summed E-state index contributed by atoms with van der Waals surface area (Å²) in [6, 6.07) is 15.5. The van der Waals surface area contributed by atoms with Gasteiger partial charge in [-0.15, -0.1) is 0 Å². The van der Waals surface area contributed by atoms with Crippen LogP contribution in [0.25, 0.3) is 0 Å². The number of carbonyl (C=O) groups excluding carboxylic acids is 7.